The quantitative estimate of drug-likeness (QED) is 0.783. The van der Waals surface area contributed by atoms with Crippen molar-refractivity contribution in [2.45, 2.75) is 6.92 Å². The summed E-state index contributed by atoms with van der Waals surface area (Å²) in [4.78, 5) is 12.1. The van der Waals surface area contributed by atoms with Crippen LogP contribution in [0.3, 0.4) is 0 Å². The molecular formula is C14H11BrClFN2O. The number of hydrogen-bond donors (Lipinski definition) is 2. The van der Waals surface area contributed by atoms with Crippen LogP contribution in [0, 0.1) is 12.7 Å². The summed E-state index contributed by atoms with van der Waals surface area (Å²) in [5.41, 5.74) is 7.29. The number of halogens is 3. The Balaban J connectivity index is 2.30. The molecule has 2 aromatic rings. The lowest BCUT2D eigenvalue weighted by atomic mass is 10.1. The molecule has 3 nitrogen and oxygen atoms in total. The van der Waals surface area contributed by atoms with Gasteiger partial charge in [0.25, 0.3) is 5.91 Å². The number of anilines is 2. The molecule has 1 amide bonds. The van der Waals surface area contributed by atoms with E-state index in [4.69, 9.17) is 17.3 Å². The fourth-order valence-electron chi connectivity index (χ4n) is 1.70. The van der Waals surface area contributed by atoms with Gasteiger partial charge in [-0.1, -0.05) is 27.5 Å². The standard InChI is InChI=1S/C14H11BrClFN2O/c1-7-4-12(18)10(16)6-13(7)19-14(20)9-3-2-8(15)5-11(9)17/h2-6H,18H2,1H3,(H,19,20). The molecule has 3 N–H and O–H groups in total. The highest BCUT2D eigenvalue weighted by Gasteiger charge is 2.14. The summed E-state index contributed by atoms with van der Waals surface area (Å²) in [6, 6.07) is 7.43. The van der Waals surface area contributed by atoms with Gasteiger partial charge in [-0.3, -0.25) is 4.79 Å². The Morgan fingerprint density at radius 3 is 2.70 bits per heavy atom. The highest BCUT2D eigenvalue weighted by atomic mass is 79.9. The molecule has 0 atom stereocenters. The third-order valence-electron chi connectivity index (χ3n) is 2.77. The van der Waals surface area contributed by atoms with Crippen molar-refractivity contribution in [3.05, 3.63) is 56.8 Å². The first-order valence-electron chi connectivity index (χ1n) is 5.70. The molecule has 104 valence electrons. The SMILES string of the molecule is Cc1cc(N)c(Cl)cc1NC(=O)c1ccc(Br)cc1F. The molecule has 2 rings (SSSR count). The predicted molar refractivity (Wildman–Crippen MR) is 82.7 cm³/mol. The number of hydrogen-bond acceptors (Lipinski definition) is 2. The number of aryl methyl sites for hydroxylation is 1. The van der Waals surface area contributed by atoms with Crippen molar-refractivity contribution >= 4 is 44.8 Å². The average Bonchev–Trinajstić information content (AvgIpc) is 2.35. The minimum Gasteiger partial charge on any atom is -0.398 e. The highest BCUT2D eigenvalue weighted by Crippen LogP contribution is 2.27. The molecule has 6 heteroatoms. The van der Waals surface area contributed by atoms with Crippen molar-refractivity contribution in [2.24, 2.45) is 0 Å². The molecule has 0 aliphatic heterocycles. The van der Waals surface area contributed by atoms with Crippen LogP contribution in [0.15, 0.2) is 34.8 Å². The molecule has 0 saturated carbocycles. The summed E-state index contributed by atoms with van der Waals surface area (Å²) in [6.07, 6.45) is 0. The van der Waals surface area contributed by atoms with Gasteiger partial charge < -0.3 is 11.1 Å². The van der Waals surface area contributed by atoms with Gasteiger partial charge in [0, 0.05) is 10.2 Å². The van der Waals surface area contributed by atoms with E-state index in [9.17, 15) is 9.18 Å². The summed E-state index contributed by atoms with van der Waals surface area (Å²) in [6.45, 7) is 1.78. The monoisotopic (exact) mass is 356 g/mol. The van der Waals surface area contributed by atoms with Gasteiger partial charge in [0.15, 0.2) is 0 Å². The molecule has 2 aromatic carbocycles. The van der Waals surface area contributed by atoms with Crippen molar-refractivity contribution in [2.75, 3.05) is 11.1 Å². The average molecular weight is 358 g/mol. The fourth-order valence-corrected chi connectivity index (χ4v) is 2.20. The van der Waals surface area contributed by atoms with E-state index < -0.39 is 11.7 Å². The highest BCUT2D eigenvalue weighted by molar-refractivity contribution is 9.10. The second-order valence-corrected chi connectivity index (χ2v) is 5.59. The fraction of sp³-hybridized carbons (Fsp3) is 0.0714. The first-order valence-corrected chi connectivity index (χ1v) is 6.87. The van der Waals surface area contributed by atoms with Gasteiger partial charge in [-0.2, -0.15) is 0 Å². The van der Waals surface area contributed by atoms with Gasteiger partial charge in [-0.15, -0.1) is 0 Å². The Morgan fingerprint density at radius 1 is 1.35 bits per heavy atom. The van der Waals surface area contributed by atoms with E-state index in [-0.39, 0.29) is 5.56 Å². The second-order valence-electron chi connectivity index (χ2n) is 4.27. The largest absolute Gasteiger partial charge is 0.398 e. The zero-order chi connectivity index (χ0) is 14.9. The molecule has 0 heterocycles. The van der Waals surface area contributed by atoms with E-state index in [1.807, 2.05) is 0 Å². The topological polar surface area (TPSA) is 55.1 Å². The number of nitrogen functional groups attached to an aromatic ring is 1. The lowest BCUT2D eigenvalue weighted by Crippen LogP contribution is -2.14. The normalized spacial score (nSPS) is 10.4. The van der Waals surface area contributed by atoms with Crippen molar-refractivity contribution in [3.8, 4) is 0 Å². The first-order chi connectivity index (χ1) is 9.38. The van der Waals surface area contributed by atoms with Crippen LogP contribution < -0.4 is 11.1 Å². The molecule has 0 aliphatic carbocycles. The molecule has 0 bridgehead atoms. The number of amides is 1. The number of rotatable bonds is 2. The number of carbonyl (C=O) groups is 1. The maximum atomic E-state index is 13.7. The van der Waals surface area contributed by atoms with E-state index in [2.05, 4.69) is 21.2 Å². The Morgan fingerprint density at radius 2 is 2.05 bits per heavy atom. The van der Waals surface area contributed by atoms with E-state index in [1.54, 1.807) is 25.1 Å². The zero-order valence-electron chi connectivity index (χ0n) is 10.5. The molecule has 0 aliphatic rings. The smallest absolute Gasteiger partial charge is 0.258 e. The summed E-state index contributed by atoms with van der Waals surface area (Å²) in [5, 5.41) is 2.96. The van der Waals surface area contributed by atoms with Crippen LogP contribution in [0.2, 0.25) is 5.02 Å². The Bertz CT molecular complexity index is 691. The van der Waals surface area contributed by atoms with E-state index in [0.717, 1.165) is 5.56 Å². The molecule has 20 heavy (non-hydrogen) atoms. The van der Waals surface area contributed by atoms with Gasteiger partial charge in [-0.25, -0.2) is 4.39 Å². The third kappa shape index (κ3) is 3.11. The maximum absolute atomic E-state index is 13.7. The number of nitrogens with two attached hydrogens (primary N) is 1. The van der Waals surface area contributed by atoms with Crippen molar-refractivity contribution in [1.82, 2.24) is 0 Å². The summed E-state index contributed by atoms with van der Waals surface area (Å²) in [5.74, 6) is -1.14. The van der Waals surface area contributed by atoms with Gasteiger partial charge in [0.05, 0.1) is 16.3 Å². The molecule has 0 saturated heterocycles. The number of carbonyl (C=O) groups excluding carboxylic acids is 1. The lowest BCUT2D eigenvalue weighted by Gasteiger charge is -2.11. The lowest BCUT2D eigenvalue weighted by molar-refractivity contribution is 0.102. The molecule has 0 fully saturated rings. The summed E-state index contributed by atoms with van der Waals surface area (Å²) in [7, 11) is 0. The third-order valence-corrected chi connectivity index (χ3v) is 3.59. The molecule has 0 spiro atoms. The Kier molecular flexibility index (Phi) is 4.30. The Labute approximate surface area is 129 Å². The first kappa shape index (κ1) is 14.8. The number of benzene rings is 2. The summed E-state index contributed by atoms with van der Waals surface area (Å²) < 4.78 is 14.3. The van der Waals surface area contributed by atoms with Crippen molar-refractivity contribution < 1.29 is 9.18 Å². The van der Waals surface area contributed by atoms with E-state index in [0.29, 0.717) is 20.9 Å². The van der Waals surface area contributed by atoms with Crippen LogP contribution in [-0.4, -0.2) is 5.91 Å². The van der Waals surface area contributed by atoms with Gasteiger partial charge >= 0.3 is 0 Å². The maximum Gasteiger partial charge on any atom is 0.258 e. The summed E-state index contributed by atoms with van der Waals surface area (Å²) >= 11 is 9.05. The van der Waals surface area contributed by atoms with Gasteiger partial charge in [0.2, 0.25) is 0 Å². The molecule has 0 aromatic heterocycles. The van der Waals surface area contributed by atoms with Crippen LogP contribution in [-0.2, 0) is 0 Å². The van der Waals surface area contributed by atoms with Crippen molar-refractivity contribution in [1.29, 1.82) is 0 Å². The van der Waals surface area contributed by atoms with Crippen LogP contribution in [0.1, 0.15) is 15.9 Å². The predicted octanol–water partition coefficient (Wildman–Crippen LogP) is 4.38. The van der Waals surface area contributed by atoms with Gasteiger partial charge in [0.1, 0.15) is 5.82 Å². The van der Waals surface area contributed by atoms with Gasteiger partial charge in [-0.05, 0) is 42.8 Å². The zero-order valence-corrected chi connectivity index (χ0v) is 12.8. The second kappa shape index (κ2) is 5.81. The minimum atomic E-state index is -0.601. The van der Waals surface area contributed by atoms with E-state index >= 15 is 0 Å². The van der Waals surface area contributed by atoms with Crippen LogP contribution in [0.25, 0.3) is 0 Å². The minimum absolute atomic E-state index is 0.0412. The Hall–Kier alpha value is -1.59. The molecule has 0 radical (unpaired) electrons. The molecular weight excluding hydrogens is 347 g/mol. The van der Waals surface area contributed by atoms with Crippen LogP contribution >= 0.6 is 27.5 Å². The van der Waals surface area contributed by atoms with Crippen LogP contribution in [0.5, 0.6) is 0 Å². The van der Waals surface area contributed by atoms with Crippen molar-refractivity contribution in [3.63, 3.8) is 0 Å². The number of nitrogens with one attached hydrogen (secondary N) is 1. The van der Waals surface area contributed by atoms with E-state index in [1.165, 1.54) is 12.1 Å². The van der Waals surface area contributed by atoms with Crippen LogP contribution in [0.4, 0.5) is 15.8 Å². The molecule has 0 unspecified atom stereocenters.